The molecule has 0 saturated heterocycles. The molecule has 1 nitrogen and oxygen atoms in total. The average Bonchev–Trinajstić information content (AvgIpc) is 2.20. The third kappa shape index (κ3) is 2.47. The fourth-order valence-corrected chi connectivity index (χ4v) is 1.31. The zero-order valence-electron chi connectivity index (χ0n) is 7.47. The van der Waals surface area contributed by atoms with E-state index in [9.17, 15) is 0 Å². The zero-order chi connectivity index (χ0) is 9.10. The number of aromatic nitrogens is 1. The molecule has 3 heteroatoms. The quantitative estimate of drug-likeness (QED) is 0.658. The van der Waals surface area contributed by atoms with Gasteiger partial charge in [-0.05, 0) is 12.1 Å². The zero-order valence-corrected chi connectivity index (χ0v) is 9.12. The van der Waals surface area contributed by atoms with Crippen LogP contribution in [0.15, 0.2) is 54.9 Å². The lowest BCUT2D eigenvalue weighted by molar-refractivity contribution is -0.595. The minimum atomic E-state index is 0. The number of hydrogen-bond donors (Lipinski definition) is 0. The van der Waals surface area contributed by atoms with Crippen molar-refractivity contribution in [2.24, 2.45) is 0 Å². The largest absolute Gasteiger partial charge is 0.210 e. The molecule has 0 aliphatic rings. The Labute approximate surface area is 94.4 Å². The summed E-state index contributed by atoms with van der Waals surface area (Å²) in [5, 5.41) is 0.764. The monoisotopic (exact) mass is 227 g/mol. The molecule has 0 radical (unpaired) electrons. The fourth-order valence-electron chi connectivity index (χ4n) is 1.18. The van der Waals surface area contributed by atoms with Crippen LogP contribution in [0.4, 0.5) is 0 Å². The van der Waals surface area contributed by atoms with Crippen molar-refractivity contribution < 1.29 is 17.0 Å². The Morgan fingerprint density at radius 1 is 0.857 bits per heavy atom. The van der Waals surface area contributed by atoms with E-state index in [1.807, 2.05) is 59.4 Å². The van der Waals surface area contributed by atoms with Crippen LogP contribution in [-0.4, -0.2) is 0 Å². The van der Waals surface area contributed by atoms with Gasteiger partial charge in [0.1, 0.15) is 0 Å². The van der Waals surface area contributed by atoms with Crippen molar-refractivity contribution in [1.82, 2.24) is 0 Å². The number of nitrogens with zero attached hydrogens (tertiary/aromatic N) is 1. The molecule has 1 aromatic heterocycles. The predicted molar refractivity (Wildman–Crippen MR) is 55.8 cm³/mol. The lowest BCUT2D eigenvalue weighted by Crippen LogP contribution is -2.28. The van der Waals surface area contributed by atoms with Gasteiger partial charge in [-0.1, -0.05) is 17.7 Å². The lowest BCUT2D eigenvalue weighted by Gasteiger charge is -1.93. The number of rotatable bonds is 1. The molecule has 0 unspecified atom stereocenters. The highest BCUT2D eigenvalue weighted by molar-refractivity contribution is 6.30. The number of benzene rings is 1. The van der Waals surface area contributed by atoms with Crippen molar-refractivity contribution >= 4 is 11.6 Å². The van der Waals surface area contributed by atoms with Gasteiger partial charge in [-0.25, -0.2) is 0 Å². The maximum atomic E-state index is 5.79. The van der Waals surface area contributed by atoms with E-state index in [1.54, 1.807) is 0 Å². The van der Waals surface area contributed by atoms with Gasteiger partial charge in [0, 0.05) is 29.3 Å². The van der Waals surface area contributed by atoms with Gasteiger partial charge < -0.3 is 0 Å². The van der Waals surface area contributed by atoms with Crippen LogP contribution in [0.25, 0.3) is 5.69 Å². The molecule has 0 spiro atoms. The molecule has 0 saturated carbocycles. The van der Waals surface area contributed by atoms with Crippen LogP contribution in [0.3, 0.4) is 0 Å². The van der Waals surface area contributed by atoms with Gasteiger partial charge in [-0.15, -0.1) is 0 Å². The average molecular weight is 228 g/mol. The van der Waals surface area contributed by atoms with E-state index in [2.05, 4.69) is 0 Å². The summed E-state index contributed by atoms with van der Waals surface area (Å²) < 4.78 is 2.04. The maximum absolute atomic E-state index is 5.79. The number of halogens is 2. The number of pyridine rings is 1. The highest BCUT2D eigenvalue weighted by atomic mass is 35.5. The van der Waals surface area contributed by atoms with Gasteiger partial charge in [0.2, 0.25) is 5.69 Å². The van der Waals surface area contributed by atoms with Crippen LogP contribution in [-0.2, 0) is 0 Å². The summed E-state index contributed by atoms with van der Waals surface area (Å²) in [5.74, 6) is 0. The van der Waals surface area contributed by atoms with E-state index < -0.39 is 0 Å². The van der Waals surface area contributed by atoms with Gasteiger partial charge in [0.05, 0.1) is 12.4 Å². The van der Waals surface area contributed by atoms with Gasteiger partial charge in [0.25, 0.3) is 0 Å². The van der Waals surface area contributed by atoms with Crippen LogP contribution < -0.4 is 4.57 Å². The summed E-state index contributed by atoms with van der Waals surface area (Å²) in [4.78, 5) is 0. The summed E-state index contributed by atoms with van der Waals surface area (Å²) in [7, 11) is 0. The Hall–Kier alpha value is -1.05. The van der Waals surface area contributed by atoms with Crippen LogP contribution in [0.2, 0.25) is 5.02 Å². The smallest absolute Gasteiger partial charge is 0.167 e. The maximum Gasteiger partial charge on any atom is 0.210 e. The molecule has 0 atom stereocenters. The summed E-state index contributed by atoms with van der Waals surface area (Å²) in [6.45, 7) is 0. The van der Waals surface area contributed by atoms with E-state index >= 15 is 0 Å². The first-order chi connectivity index (χ1) is 6.36. The second-order valence-electron chi connectivity index (χ2n) is 2.76. The van der Waals surface area contributed by atoms with Crippen molar-refractivity contribution in [3.63, 3.8) is 0 Å². The summed E-state index contributed by atoms with van der Waals surface area (Å²) in [6, 6.07) is 13.7. The third-order valence-electron chi connectivity index (χ3n) is 1.84. The summed E-state index contributed by atoms with van der Waals surface area (Å²) >= 11 is 5.79. The van der Waals surface area contributed by atoms with Crippen molar-refractivity contribution in [2.45, 2.75) is 0 Å². The Bertz CT molecular complexity index is 384. The van der Waals surface area contributed by atoms with Gasteiger partial charge in [-0.2, -0.15) is 4.57 Å². The minimum Gasteiger partial charge on any atom is -0.167 e. The number of hydrogen-bond acceptors (Lipinski definition) is 0. The molecule has 72 valence electrons. The van der Waals surface area contributed by atoms with Gasteiger partial charge >= 0.3 is 0 Å². The minimum absolute atomic E-state index is 0. The van der Waals surface area contributed by atoms with Crippen molar-refractivity contribution in [3.05, 3.63) is 59.9 Å². The fraction of sp³-hybridized carbons (Fsp3) is 0. The molecule has 0 aliphatic heterocycles. The van der Waals surface area contributed by atoms with E-state index in [4.69, 9.17) is 11.6 Å². The molecule has 1 aromatic carbocycles. The van der Waals surface area contributed by atoms with Crippen molar-refractivity contribution in [3.8, 4) is 5.69 Å². The first kappa shape index (κ1) is 11.0. The van der Waals surface area contributed by atoms with E-state index in [1.165, 1.54) is 0 Å². The molecule has 0 amide bonds. The second-order valence-corrected chi connectivity index (χ2v) is 3.20. The summed E-state index contributed by atoms with van der Waals surface area (Å²) in [5.41, 5.74) is 1.12. The molecule has 1 heterocycles. The van der Waals surface area contributed by atoms with Crippen LogP contribution >= 0.6 is 11.6 Å². The van der Waals surface area contributed by atoms with Gasteiger partial charge in [0.15, 0.2) is 12.4 Å². The van der Waals surface area contributed by atoms with E-state index in [-0.39, 0.29) is 12.4 Å². The van der Waals surface area contributed by atoms with Crippen molar-refractivity contribution in [2.75, 3.05) is 0 Å². The molecule has 0 bridgehead atoms. The predicted octanol–water partition coefficient (Wildman–Crippen LogP) is 2.08. The molecule has 0 fully saturated rings. The Kier molecular flexibility index (Phi) is 3.93. The van der Waals surface area contributed by atoms with E-state index in [0.29, 0.717) is 0 Å². The summed E-state index contributed by atoms with van der Waals surface area (Å²) in [6.07, 6.45) is 4.01. The van der Waals surface area contributed by atoms with Gasteiger partial charge in [-0.3, -0.25) is 0 Å². The van der Waals surface area contributed by atoms with Crippen LogP contribution in [0.5, 0.6) is 0 Å². The molecule has 2 rings (SSSR count). The third-order valence-corrected chi connectivity index (χ3v) is 2.09. The standard InChI is InChI=1S/C11H9ClN.ClH2/c12-10-4-6-11(7-5-10)13-8-2-1-3-9-13;/h1-9H;1H2/q2*+1. The Balaban J connectivity index is 0.000000980. The first-order valence-corrected chi connectivity index (χ1v) is 4.46. The van der Waals surface area contributed by atoms with Crippen molar-refractivity contribution in [1.29, 1.82) is 0 Å². The SMILES string of the molecule is Clc1ccc(-[n+]2ccccc2)cc1.[ClH2+]. The molecule has 14 heavy (non-hydrogen) atoms. The molecular weight excluding hydrogens is 217 g/mol. The first-order valence-electron chi connectivity index (χ1n) is 4.08. The Morgan fingerprint density at radius 3 is 2.00 bits per heavy atom. The molecule has 0 aliphatic carbocycles. The lowest BCUT2D eigenvalue weighted by atomic mass is 10.3. The molecule has 0 N–H and O–H groups in total. The highest BCUT2D eigenvalue weighted by Gasteiger charge is 2.01. The Morgan fingerprint density at radius 2 is 1.43 bits per heavy atom. The van der Waals surface area contributed by atoms with E-state index in [0.717, 1.165) is 10.7 Å². The second kappa shape index (κ2) is 4.99. The normalized spacial score (nSPS) is 9.21. The highest BCUT2D eigenvalue weighted by Crippen LogP contribution is 2.08. The molecule has 2 aromatic rings. The topological polar surface area (TPSA) is 3.88 Å². The molecular formula is C11H11Cl2N+2. The van der Waals surface area contributed by atoms with Crippen LogP contribution in [0, 0.1) is 12.4 Å². The van der Waals surface area contributed by atoms with Crippen LogP contribution in [0.1, 0.15) is 0 Å².